The zero-order chi connectivity index (χ0) is 11.5. The highest BCUT2D eigenvalue weighted by molar-refractivity contribution is 7.86. The summed E-state index contributed by atoms with van der Waals surface area (Å²) < 4.78 is 11.2. The first-order chi connectivity index (χ1) is 6.21. The number of nitrogens with zero attached hydrogens (tertiary/aromatic N) is 2. The normalized spacial score (nSPS) is 13.4. The predicted octanol–water partition coefficient (Wildman–Crippen LogP) is -0.259. The van der Waals surface area contributed by atoms with Gasteiger partial charge in [-0.1, -0.05) is 19.7 Å². The number of hydrogen-bond donors (Lipinski definition) is 3. The van der Waals surface area contributed by atoms with Crippen molar-refractivity contribution in [1.29, 1.82) is 0 Å². The molecule has 10 heteroatoms. The van der Waals surface area contributed by atoms with Crippen molar-refractivity contribution in [3.05, 3.63) is 10.1 Å². The molecule has 82 valence electrons. The van der Waals surface area contributed by atoms with Crippen LogP contribution in [-0.4, -0.2) is 20.9 Å². The third kappa shape index (κ3) is 3.26. The first-order valence-electron chi connectivity index (χ1n) is 3.55. The number of amides is 1. The SMILES string of the molecule is CCC(C(=O)N(S)P(N)(N)=O)[N+](=O)[O-]. The van der Waals surface area contributed by atoms with Crippen LogP contribution < -0.4 is 11.0 Å². The molecule has 0 spiro atoms. The lowest BCUT2D eigenvalue weighted by Crippen LogP contribution is -2.39. The van der Waals surface area contributed by atoms with Crippen LogP contribution >= 0.6 is 20.4 Å². The second-order valence-electron chi connectivity index (χ2n) is 2.51. The van der Waals surface area contributed by atoms with Crippen molar-refractivity contribution in [3.63, 3.8) is 0 Å². The third-order valence-electron chi connectivity index (χ3n) is 1.42. The van der Waals surface area contributed by atoms with Crippen molar-refractivity contribution in [2.45, 2.75) is 19.4 Å². The van der Waals surface area contributed by atoms with Crippen LogP contribution in [-0.2, 0) is 9.36 Å². The van der Waals surface area contributed by atoms with Crippen LogP contribution in [0.3, 0.4) is 0 Å². The van der Waals surface area contributed by atoms with Crippen molar-refractivity contribution in [3.8, 4) is 0 Å². The van der Waals surface area contributed by atoms with Gasteiger partial charge >= 0.3 is 13.5 Å². The minimum absolute atomic E-state index is 0.0527. The number of nitrogens with two attached hydrogens (primary N) is 2. The molecule has 0 aliphatic heterocycles. The molecule has 1 atom stereocenters. The molecule has 4 N–H and O–H groups in total. The Kier molecular flexibility index (Phi) is 4.53. The Bertz CT molecular complexity index is 287. The molecule has 14 heavy (non-hydrogen) atoms. The summed E-state index contributed by atoms with van der Waals surface area (Å²) in [5.74, 6) is -1.07. The summed E-state index contributed by atoms with van der Waals surface area (Å²) in [4.78, 5) is 20.8. The van der Waals surface area contributed by atoms with Crippen LogP contribution in [0.4, 0.5) is 0 Å². The molecule has 0 aliphatic carbocycles. The molecule has 0 aromatic heterocycles. The summed E-state index contributed by atoms with van der Waals surface area (Å²) in [5, 5.41) is 10.4. The van der Waals surface area contributed by atoms with Crippen molar-refractivity contribution in [2.24, 2.45) is 11.0 Å². The zero-order valence-electron chi connectivity index (χ0n) is 7.36. The second kappa shape index (κ2) is 4.74. The Morgan fingerprint density at radius 2 is 2.14 bits per heavy atom. The van der Waals surface area contributed by atoms with Crippen LogP contribution in [0.15, 0.2) is 0 Å². The number of nitro groups is 1. The summed E-state index contributed by atoms with van der Waals surface area (Å²) in [5.41, 5.74) is 9.82. The van der Waals surface area contributed by atoms with Gasteiger partial charge in [-0.15, -0.1) is 0 Å². The largest absolute Gasteiger partial charge is 0.314 e. The first-order valence-corrected chi connectivity index (χ1v) is 5.75. The standard InChI is InChI=1S/C4H11N4O4PS/c1-2-3(7(10)11)4(9)8(14)13(5,6)12/h3,14H,2H2,1H3,(H4,5,6,12). The van der Waals surface area contributed by atoms with Crippen LogP contribution in [0.2, 0.25) is 0 Å². The summed E-state index contributed by atoms with van der Waals surface area (Å²) in [6.45, 7) is 1.44. The molecule has 0 saturated carbocycles. The van der Waals surface area contributed by atoms with E-state index in [1.807, 2.05) is 0 Å². The monoisotopic (exact) mass is 242 g/mol. The Hall–Kier alpha value is -0.630. The molecular weight excluding hydrogens is 231 g/mol. The van der Waals surface area contributed by atoms with E-state index in [0.29, 0.717) is 0 Å². The minimum Gasteiger partial charge on any atom is -0.265 e. The molecular formula is C4H11N4O4PS. The van der Waals surface area contributed by atoms with Gasteiger partial charge in [0.15, 0.2) is 0 Å². The Balaban J connectivity index is 4.77. The molecule has 8 nitrogen and oxygen atoms in total. The van der Waals surface area contributed by atoms with Gasteiger partial charge in [0.05, 0.1) is 0 Å². The molecule has 0 aromatic carbocycles. The quantitative estimate of drug-likeness (QED) is 0.269. The number of thiol groups is 1. The van der Waals surface area contributed by atoms with Gasteiger partial charge in [-0.05, 0) is 0 Å². The fourth-order valence-electron chi connectivity index (χ4n) is 0.701. The molecule has 0 radical (unpaired) electrons. The molecule has 0 fully saturated rings. The van der Waals surface area contributed by atoms with Crippen LogP contribution in [0.5, 0.6) is 0 Å². The van der Waals surface area contributed by atoms with Gasteiger partial charge in [0, 0.05) is 11.3 Å². The highest BCUT2D eigenvalue weighted by atomic mass is 32.1. The van der Waals surface area contributed by atoms with E-state index in [-0.39, 0.29) is 10.5 Å². The van der Waals surface area contributed by atoms with E-state index >= 15 is 0 Å². The van der Waals surface area contributed by atoms with Crippen LogP contribution in [0.1, 0.15) is 13.3 Å². The maximum Gasteiger partial charge on any atom is 0.314 e. The number of carbonyl (C=O) groups is 1. The molecule has 0 bridgehead atoms. The van der Waals surface area contributed by atoms with Gasteiger partial charge in [0.25, 0.3) is 6.04 Å². The van der Waals surface area contributed by atoms with Gasteiger partial charge in [-0.3, -0.25) is 30.5 Å². The van der Waals surface area contributed by atoms with Crippen molar-refractivity contribution in [1.82, 2.24) is 4.08 Å². The maximum atomic E-state index is 11.2. The van der Waals surface area contributed by atoms with Crippen molar-refractivity contribution >= 4 is 26.3 Å². The summed E-state index contributed by atoms with van der Waals surface area (Å²) >= 11 is 3.46. The third-order valence-corrected chi connectivity index (χ3v) is 3.24. The molecule has 0 heterocycles. The van der Waals surface area contributed by atoms with E-state index in [1.165, 1.54) is 6.92 Å². The number of carbonyl (C=O) groups excluding carboxylic acids is 1. The van der Waals surface area contributed by atoms with Gasteiger partial charge in [-0.2, -0.15) is 0 Å². The lowest BCUT2D eigenvalue weighted by Gasteiger charge is -2.19. The van der Waals surface area contributed by atoms with Gasteiger partial charge in [0.2, 0.25) is 0 Å². The molecule has 1 unspecified atom stereocenters. The summed E-state index contributed by atoms with van der Waals surface area (Å²) in [6, 6.07) is -1.52. The van der Waals surface area contributed by atoms with Gasteiger partial charge in [-0.25, -0.2) is 4.08 Å². The lowest BCUT2D eigenvalue weighted by molar-refractivity contribution is -0.508. The molecule has 0 saturated heterocycles. The zero-order valence-corrected chi connectivity index (χ0v) is 9.15. The Labute approximate surface area is 85.8 Å². The van der Waals surface area contributed by atoms with Crippen LogP contribution in [0.25, 0.3) is 0 Å². The highest BCUT2D eigenvalue weighted by Gasteiger charge is 2.36. The lowest BCUT2D eigenvalue weighted by atomic mass is 10.2. The van der Waals surface area contributed by atoms with Crippen LogP contribution in [0, 0.1) is 10.1 Å². The summed E-state index contributed by atoms with van der Waals surface area (Å²) in [6.07, 6.45) is -0.0527. The van der Waals surface area contributed by atoms with E-state index in [0.717, 1.165) is 0 Å². The number of rotatable bonds is 4. The second-order valence-corrected chi connectivity index (χ2v) is 4.97. The highest BCUT2D eigenvalue weighted by Crippen LogP contribution is 2.34. The van der Waals surface area contributed by atoms with E-state index in [2.05, 4.69) is 12.8 Å². The average molecular weight is 242 g/mol. The summed E-state index contributed by atoms with van der Waals surface area (Å²) in [7, 11) is -3.88. The fourth-order valence-corrected chi connectivity index (χ4v) is 1.28. The minimum atomic E-state index is -3.88. The fraction of sp³-hybridized carbons (Fsp3) is 0.750. The van der Waals surface area contributed by atoms with E-state index in [9.17, 15) is 19.5 Å². The van der Waals surface area contributed by atoms with E-state index in [1.54, 1.807) is 0 Å². The molecule has 0 aliphatic rings. The van der Waals surface area contributed by atoms with Crippen molar-refractivity contribution < 1.29 is 14.3 Å². The topological polar surface area (TPSA) is 133 Å². The van der Waals surface area contributed by atoms with Gasteiger partial charge in [0.1, 0.15) is 0 Å². The van der Waals surface area contributed by atoms with Crippen molar-refractivity contribution in [2.75, 3.05) is 0 Å². The predicted molar refractivity (Wildman–Crippen MR) is 52.9 cm³/mol. The smallest absolute Gasteiger partial charge is 0.265 e. The molecule has 1 amide bonds. The van der Waals surface area contributed by atoms with Gasteiger partial charge < -0.3 is 0 Å². The first kappa shape index (κ1) is 13.4. The molecule has 0 rings (SSSR count). The average Bonchev–Trinajstić information content (AvgIpc) is 2.01. The number of hydrogen-bond acceptors (Lipinski definition) is 5. The van der Waals surface area contributed by atoms with E-state index < -0.39 is 24.5 Å². The maximum absolute atomic E-state index is 11.2. The Morgan fingerprint density at radius 1 is 1.71 bits per heavy atom. The van der Waals surface area contributed by atoms with E-state index in [4.69, 9.17) is 11.0 Å². The molecule has 0 aromatic rings. The Morgan fingerprint density at radius 3 is 2.36 bits per heavy atom.